The van der Waals surface area contributed by atoms with Crippen LogP contribution >= 0.6 is 0 Å². The fourth-order valence-electron chi connectivity index (χ4n) is 1.29. The molecule has 0 atom stereocenters. The number of nitrogens with two attached hydrogens (primary N) is 1. The van der Waals surface area contributed by atoms with Crippen LogP contribution in [0.1, 0.15) is 6.42 Å². The fraction of sp³-hybridized carbons (Fsp3) is 0.333. The first-order valence-electron chi connectivity index (χ1n) is 4.76. The number of alkyl halides is 3. The van der Waals surface area contributed by atoms with Gasteiger partial charge in [-0.3, -0.25) is 0 Å². The number of nitrogens with zero attached hydrogens (tertiary/aromatic N) is 3. The minimum Gasteiger partial charge on any atom is -0.489 e. The Balaban J connectivity index is 2.13. The zero-order chi connectivity index (χ0) is 12.5. The Labute approximate surface area is 94.0 Å². The number of ether oxygens (including phenoxy) is 1. The zero-order valence-corrected chi connectivity index (χ0v) is 8.61. The molecule has 17 heavy (non-hydrogen) atoms. The highest BCUT2D eigenvalue weighted by atomic mass is 19.4. The number of nitrogen functional groups attached to an aromatic ring is 1. The fourth-order valence-corrected chi connectivity index (χ4v) is 1.29. The second-order valence-electron chi connectivity index (χ2n) is 3.32. The average molecular weight is 246 g/mol. The third-order valence-electron chi connectivity index (χ3n) is 1.99. The molecule has 8 heteroatoms. The second kappa shape index (κ2) is 4.11. The van der Waals surface area contributed by atoms with Crippen molar-refractivity contribution in [1.82, 2.24) is 14.6 Å². The van der Waals surface area contributed by atoms with Gasteiger partial charge in [0.25, 0.3) is 0 Å². The van der Waals surface area contributed by atoms with Crippen molar-refractivity contribution in [3.63, 3.8) is 0 Å². The van der Waals surface area contributed by atoms with Gasteiger partial charge < -0.3 is 10.5 Å². The molecule has 2 rings (SSSR count). The molecule has 0 aliphatic carbocycles. The molecule has 2 aromatic rings. The summed E-state index contributed by atoms with van der Waals surface area (Å²) in [4.78, 5) is 3.85. The Hall–Kier alpha value is -1.99. The maximum Gasteiger partial charge on any atom is 0.392 e. The van der Waals surface area contributed by atoms with Crippen molar-refractivity contribution >= 4 is 11.6 Å². The lowest BCUT2D eigenvalue weighted by atomic mass is 10.4. The van der Waals surface area contributed by atoms with E-state index in [9.17, 15) is 13.2 Å². The van der Waals surface area contributed by atoms with Crippen molar-refractivity contribution in [2.75, 3.05) is 12.3 Å². The molecule has 0 amide bonds. The zero-order valence-electron chi connectivity index (χ0n) is 8.61. The Kier molecular flexibility index (Phi) is 2.78. The Morgan fingerprint density at radius 2 is 2.18 bits per heavy atom. The van der Waals surface area contributed by atoms with Gasteiger partial charge in [0.2, 0.25) is 5.95 Å². The van der Waals surface area contributed by atoms with E-state index in [2.05, 4.69) is 10.1 Å². The van der Waals surface area contributed by atoms with Gasteiger partial charge in [0.05, 0.1) is 13.0 Å². The lowest BCUT2D eigenvalue weighted by Crippen LogP contribution is -2.13. The molecule has 0 aliphatic heterocycles. The molecule has 0 bridgehead atoms. The van der Waals surface area contributed by atoms with Gasteiger partial charge >= 0.3 is 6.18 Å². The minimum atomic E-state index is -4.24. The molecule has 0 saturated heterocycles. The van der Waals surface area contributed by atoms with E-state index in [0.29, 0.717) is 5.65 Å². The second-order valence-corrected chi connectivity index (χ2v) is 3.32. The molecule has 92 valence electrons. The predicted octanol–water partition coefficient (Wildman–Crippen LogP) is 1.64. The molecule has 2 N–H and O–H groups in total. The Morgan fingerprint density at radius 3 is 2.88 bits per heavy atom. The van der Waals surface area contributed by atoms with Crippen LogP contribution in [0.2, 0.25) is 0 Å². The van der Waals surface area contributed by atoms with Crippen LogP contribution in [0.15, 0.2) is 18.3 Å². The summed E-state index contributed by atoms with van der Waals surface area (Å²) in [5.74, 6) is 0.262. The number of anilines is 1. The molecule has 2 heterocycles. The average Bonchev–Trinajstić information content (AvgIpc) is 2.57. The highest BCUT2D eigenvalue weighted by Crippen LogP contribution is 2.22. The van der Waals surface area contributed by atoms with Gasteiger partial charge in [-0.15, -0.1) is 5.10 Å². The smallest absolute Gasteiger partial charge is 0.392 e. The van der Waals surface area contributed by atoms with Crippen LogP contribution in [0.25, 0.3) is 5.65 Å². The van der Waals surface area contributed by atoms with Gasteiger partial charge in [0.1, 0.15) is 0 Å². The van der Waals surface area contributed by atoms with Crippen LogP contribution in [0.4, 0.5) is 19.1 Å². The first-order chi connectivity index (χ1) is 7.96. The summed E-state index contributed by atoms with van der Waals surface area (Å²) in [7, 11) is 0. The standard InChI is InChI=1S/C9H9F3N4O/c10-9(11,12)3-5-17-6-2-1-4-16-7(6)14-8(13)15-16/h1-2,4H,3,5H2,(H2,13,15). The third kappa shape index (κ3) is 2.77. The van der Waals surface area contributed by atoms with Gasteiger partial charge in [0.15, 0.2) is 11.4 Å². The number of halogens is 3. The molecule has 0 radical (unpaired) electrons. The predicted molar refractivity (Wildman–Crippen MR) is 53.6 cm³/mol. The van der Waals surface area contributed by atoms with E-state index in [1.54, 1.807) is 12.3 Å². The molecule has 0 unspecified atom stereocenters. The lowest BCUT2D eigenvalue weighted by Gasteiger charge is -2.08. The van der Waals surface area contributed by atoms with Crippen LogP contribution in [-0.4, -0.2) is 27.4 Å². The van der Waals surface area contributed by atoms with E-state index >= 15 is 0 Å². The van der Waals surface area contributed by atoms with Gasteiger partial charge in [-0.1, -0.05) is 0 Å². The summed E-state index contributed by atoms with van der Waals surface area (Å²) in [6.45, 7) is -0.462. The highest BCUT2D eigenvalue weighted by molar-refractivity contribution is 5.54. The maximum atomic E-state index is 11.9. The molecular formula is C9H9F3N4O. The van der Waals surface area contributed by atoms with Gasteiger partial charge in [-0.25, -0.2) is 4.52 Å². The number of aromatic nitrogens is 3. The van der Waals surface area contributed by atoms with Crippen LogP contribution in [0.3, 0.4) is 0 Å². The van der Waals surface area contributed by atoms with Gasteiger partial charge in [0, 0.05) is 6.20 Å². The highest BCUT2D eigenvalue weighted by Gasteiger charge is 2.27. The van der Waals surface area contributed by atoms with Crippen molar-refractivity contribution in [3.05, 3.63) is 18.3 Å². The largest absolute Gasteiger partial charge is 0.489 e. The summed E-state index contributed by atoms with van der Waals surface area (Å²) in [6.07, 6.45) is -3.68. The molecule has 0 spiro atoms. The van der Waals surface area contributed by atoms with Crippen LogP contribution in [0, 0.1) is 0 Å². The van der Waals surface area contributed by atoms with Crippen LogP contribution in [0.5, 0.6) is 5.75 Å². The molecular weight excluding hydrogens is 237 g/mol. The minimum absolute atomic E-state index is 0.0388. The van der Waals surface area contributed by atoms with E-state index in [1.807, 2.05) is 0 Å². The van der Waals surface area contributed by atoms with Gasteiger partial charge in [-0.05, 0) is 12.1 Å². The normalized spacial score (nSPS) is 11.9. The van der Waals surface area contributed by atoms with Crippen molar-refractivity contribution in [2.45, 2.75) is 12.6 Å². The van der Waals surface area contributed by atoms with E-state index in [-0.39, 0.29) is 11.7 Å². The van der Waals surface area contributed by atoms with E-state index in [4.69, 9.17) is 10.5 Å². The third-order valence-corrected chi connectivity index (χ3v) is 1.99. The number of rotatable bonds is 3. The van der Waals surface area contributed by atoms with E-state index in [0.717, 1.165) is 0 Å². The number of hydrogen-bond acceptors (Lipinski definition) is 4. The van der Waals surface area contributed by atoms with Crippen LogP contribution in [-0.2, 0) is 0 Å². The summed E-state index contributed by atoms with van der Waals surface area (Å²) in [5.41, 5.74) is 5.68. The summed E-state index contributed by atoms with van der Waals surface area (Å²) < 4.78 is 42.2. The molecule has 2 aromatic heterocycles. The maximum absolute atomic E-state index is 11.9. The first kappa shape index (κ1) is 11.5. The van der Waals surface area contributed by atoms with Crippen molar-refractivity contribution < 1.29 is 17.9 Å². The molecule has 0 fully saturated rings. The van der Waals surface area contributed by atoms with Gasteiger partial charge in [-0.2, -0.15) is 18.2 Å². The topological polar surface area (TPSA) is 65.4 Å². The SMILES string of the molecule is Nc1nc2c(OCCC(F)(F)F)cccn2n1. The van der Waals surface area contributed by atoms with E-state index in [1.165, 1.54) is 10.6 Å². The summed E-state index contributed by atoms with van der Waals surface area (Å²) in [6, 6.07) is 3.10. The number of fused-ring (bicyclic) bond motifs is 1. The number of pyridine rings is 1. The Bertz CT molecular complexity index is 522. The van der Waals surface area contributed by atoms with Crippen molar-refractivity contribution in [2.24, 2.45) is 0 Å². The quantitative estimate of drug-likeness (QED) is 0.894. The number of hydrogen-bond donors (Lipinski definition) is 1. The monoisotopic (exact) mass is 246 g/mol. The lowest BCUT2D eigenvalue weighted by molar-refractivity contribution is -0.139. The summed E-state index contributed by atoms with van der Waals surface area (Å²) in [5, 5.41) is 3.81. The summed E-state index contributed by atoms with van der Waals surface area (Å²) >= 11 is 0. The molecule has 5 nitrogen and oxygen atoms in total. The van der Waals surface area contributed by atoms with Crippen LogP contribution < -0.4 is 10.5 Å². The Morgan fingerprint density at radius 1 is 1.41 bits per heavy atom. The van der Waals surface area contributed by atoms with Crippen molar-refractivity contribution in [1.29, 1.82) is 0 Å². The molecule has 0 aromatic carbocycles. The van der Waals surface area contributed by atoms with Crippen molar-refractivity contribution in [3.8, 4) is 5.75 Å². The molecule has 0 saturated carbocycles. The first-order valence-corrected chi connectivity index (χ1v) is 4.76. The van der Waals surface area contributed by atoms with E-state index < -0.39 is 19.2 Å². The molecule has 0 aliphatic rings.